The summed E-state index contributed by atoms with van der Waals surface area (Å²) in [4.78, 5) is 11.4. The second-order valence-electron chi connectivity index (χ2n) is 5.78. The summed E-state index contributed by atoms with van der Waals surface area (Å²) in [5.74, 6) is -0.269. The van der Waals surface area contributed by atoms with Crippen LogP contribution in [0.1, 0.15) is 27.2 Å². The monoisotopic (exact) mass is 334 g/mol. The van der Waals surface area contributed by atoms with E-state index in [-0.39, 0.29) is 5.75 Å². The molecule has 23 heavy (non-hydrogen) atoms. The molecule has 2 N–H and O–H groups in total. The van der Waals surface area contributed by atoms with Crippen LogP contribution in [0.4, 0.5) is 23.7 Å². The van der Waals surface area contributed by atoms with Gasteiger partial charge in [0.1, 0.15) is 11.4 Å². The van der Waals surface area contributed by atoms with Gasteiger partial charge >= 0.3 is 12.5 Å². The fourth-order valence-electron chi connectivity index (χ4n) is 1.60. The first kappa shape index (κ1) is 18.9. The number of alkyl halides is 3. The molecule has 0 aliphatic carbocycles. The van der Waals surface area contributed by atoms with Gasteiger partial charge in [0.2, 0.25) is 0 Å². The van der Waals surface area contributed by atoms with E-state index in [0.29, 0.717) is 25.2 Å². The Morgan fingerprint density at radius 1 is 1.09 bits per heavy atom. The number of hydrogen-bond donors (Lipinski definition) is 2. The van der Waals surface area contributed by atoms with Crippen molar-refractivity contribution in [3.05, 3.63) is 24.3 Å². The predicted octanol–water partition coefficient (Wildman–Crippen LogP) is 3.91. The average Bonchev–Trinajstić information content (AvgIpc) is 2.36. The second kappa shape index (κ2) is 7.94. The van der Waals surface area contributed by atoms with Crippen LogP contribution in [0.5, 0.6) is 5.75 Å². The Morgan fingerprint density at radius 3 is 2.22 bits per heavy atom. The molecule has 1 aromatic rings. The Kier molecular flexibility index (Phi) is 6.53. The SMILES string of the molecule is CC(C)(C)OC(=O)NCCCNc1ccc(OC(F)(F)F)cc1. The van der Waals surface area contributed by atoms with Crippen LogP contribution in [0, 0.1) is 0 Å². The number of rotatable bonds is 6. The molecule has 1 aromatic carbocycles. The smallest absolute Gasteiger partial charge is 0.444 e. The summed E-state index contributed by atoms with van der Waals surface area (Å²) in [6.45, 7) is 6.31. The number of anilines is 1. The summed E-state index contributed by atoms with van der Waals surface area (Å²) in [7, 11) is 0. The molecule has 0 aliphatic heterocycles. The number of hydrogen-bond acceptors (Lipinski definition) is 4. The molecule has 130 valence electrons. The van der Waals surface area contributed by atoms with Gasteiger partial charge in [0.15, 0.2) is 0 Å². The quantitative estimate of drug-likeness (QED) is 0.774. The molecular formula is C15H21F3N2O3. The summed E-state index contributed by atoms with van der Waals surface area (Å²) in [5, 5.41) is 5.64. The van der Waals surface area contributed by atoms with E-state index in [1.165, 1.54) is 24.3 Å². The highest BCUT2D eigenvalue weighted by Crippen LogP contribution is 2.23. The first-order valence-electron chi connectivity index (χ1n) is 7.12. The molecule has 1 amide bonds. The molecule has 0 heterocycles. The van der Waals surface area contributed by atoms with Crippen LogP contribution in [-0.2, 0) is 4.74 Å². The minimum Gasteiger partial charge on any atom is -0.444 e. The van der Waals surface area contributed by atoms with E-state index >= 15 is 0 Å². The van der Waals surface area contributed by atoms with Gasteiger partial charge < -0.3 is 20.1 Å². The number of amides is 1. The summed E-state index contributed by atoms with van der Waals surface area (Å²) in [6, 6.07) is 5.44. The first-order valence-corrected chi connectivity index (χ1v) is 7.12. The molecule has 0 atom stereocenters. The zero-order valence-electron chi connectivity index (χ0n) is 13.3. The summed E-state index contributed by atoms with van der Waals surface area (Å²) < 4.78 is 44.9. The van der Waals surface area contributed by atoms with Gasteiger partial charge in [-0.15, -0.1) is 13.2 Å². The fourth-order valence-corrected chi connectivity index (χ4v) is 1.60. The van der Waals surface area contributed by atoms with E-state index in [1.54, 1.807) is 20.8 Å². The molecule has 0 aromatic heterocycles. The molecule has 0 saturated carbocycles. The summed E-state index contributed by atoms with van der Waals surface area (Å²) >= 11 is 0. The molecular weight excluding hydrogens is 313 g/mol. The van der Waals surface area contributed by atoms with Gasteiger partial charge in [-0.25, -0.2) is 4.79 Å². The third-order valence-electron chi connectivity index (χ3n) is 2.44. The van der Waals surface area contributed by atoms with Crippen LogP contribution in [0.25, 0.3) is 0 Å². The lowest BCUT2D eigenvalue weighted by atomic mass is 10.2. The maximum absolute atomic E-state index is 12.0. The molecule has 0 unspecified atom stereocenters. The zero-order valence-corrected chi connectivity index (χ0v) is 13.3. The average molecular weight is 334 g/mol. The maximum atomic E-state index is 12.0. The van der Waals surface area contributed by atoms with Crippen molar-refractivity contribution in [3.8, 4) is 5.75 Å². The number of ether oxygens (including phenoxy) is 2. The highest BCUT2D eigenvalue weighted by atomic mass is 19.4. The van der Waals surface area contributed by atoms with E-state index in [9.17, 15) is 18.0 Å². The minimum atomic E-state index is -4.69. The van der Waals surface area contributed by atoms with Gasteiger partial charge in [-0.1, -0.05) is 0 Å². The van der Waals surface area contributed by atoms with Crippen molar-refractivity contribution in [2.24, 2.45) is 0 Å². The van der Waals surface area contributed by atoms with E-state index in [1.807, 2.05) is 0 Å². The van der Waals surface area contributed by atoms with E-state index in [0.717, 1.165) is 0 Å². The molecule has 8 heteroatoms. The largest absolute Gasteiger partial charge is 0.573 e. The molecule has 5 nitrogen and oxygen atoms in total. The highest BCUT2D eigenvalue weighted by Gasteiger charge is 2.30. The Hall–Kier alpha value is -2.12. The van der Waals surface area contributed by atoms with Crippen LogP contribution in [0.15, 0.2) is 24.3 Å². The van der Waals surface area contributed by atoms with Gasteiger partial charge in [0, 0.05) is 18.8 Å². The van der Waals surface area contributed by atoms with Crippen molar-refractivity contribution in [3.63, 3.8) is 0 Å². The molecule has 0 radical (unpaired) electrons. The number of benzene rings is 1. The highest BCUT2D eigenvalue weighted by molar-refractivity contribution is 5.67. The molecule has 0 bridgehead atoms. The van der Waals surface area contributed by atoms with Crippen molar-refractivity contribution in [1.82, 2.24) is 5.32 Å². The van der Waals surface area contributed by atoms with Crippen LogP contribution < -0.4 is 15.4 Å². The fraction of sp³-hybridized carbons (Fsp3) is 0.533. The lowest BCUT2D eigenvalue weighted by Gasteiger charge is -2.19. The minimum absolute atomic E-state index is 0.269. The Morgan fingerprint density at radius 2 is 1.70 bits per heavy atom. The Balaban J connectivity index is 2.22. The lowest BCUT2D eigenvalue weighted by molar-refractivity contribution is -0.274. The Bertz CT molecular complexity index is 496. The zero-order chi connectivity index (χ0) is 17.5. The van der Waals surface area contributed by atoms with Crippen molar-refractivity contribution in [2.75, 3.05) is 18.4 Å². The van der Waals surface area contributed by atoms with Crippen LogP contribution in [-0.4, -0.2) is 31.1 Å². The molecule has 0 fully saturated rings. The van der Waals surface area contributed by atoms with Crippen LogP contribution in [0.3, 0.4) is 0 Å². The van der Waals surface area contributed by atoms with E-state index in [2.05, 4.69) is 15.4 Å². The van der Waals surface area contributed by atoms with Gasteiger partial charge in [0.25, 0.3) is 0 Å². The second-order valence-corrected chi connectivity index (χ2v) is 5.78. The number of carbonyl (C=O) groups excluding carboxylic acids is 1. The number of halogens is 3. The maximum Gasteiger partial charge on any atom is 0.573 e. The Labute approximate surface area is 133 Å². The number of nitrogens with one attached hydrogen (secondary N) is 2. The lowest BCUT2D eigenvalue weighted by Crippen LogP contribution is -2.33. The standard InChI is InChI=1S/C15H21F3N2O3/c1-14(2,3)23-13(21)20-10-4-9-19-11-5-7-12(8-6-11)22-15(16,17)18/h5-8,19H,4,9-10H2,1-3H3,(H,20,21). The van der Waals surface area contributed by atoms with E-state index < -0.39 is 18.1 Å². The van der Waals surface area contributed by atoms with Gasteiger partial charge in [0.05, 0.1) is 0 Å². The molecule has 0 saturated heterocycles. The number of carbonyl (C=O) groups is 1. The third kappa shape index (κ3) is 9.49. The van der Waals surface area contributed by atoms with Gasteiger partial charge in [-0.05, 0) is 51.5 Å². The summed E-state index contributed by atoms with van der Waals surface area (Å²) in [5.41, 5.74) is 0.125. The molecule has 0 spiro atoms. The van der Waals surface area contributed by atoms with E-state index in [4.69, 9.17) is 4.74 Å². The van der Waals surface area contributed by atoms with Crippen LogP contribution >= 0.6 is 0 Å². The predicted molar refractivity (Wildman–Crippen MR) is 80.5 cm³/mol. The van der Waals surface area contributed by atoms with Gasteiger partial charge in [-0.2, -0.15) is 0 Å². The summed E-state index contributed by atoms with van der Waals surface area (Å²) in [6.07, 6.45) is -4.53. The number of alkyl carbamates (subject to hydrolysis) is 1. The van der Waals surface area contributed by atoms with Crippen molar-refractivity contribution in [1.29, 1.82) is 0 Å². The van der Waals surface area contributed by atoms with Crippen molar-refractivity contribution in [2.45, 2.75) is 39.2 Å². The third-order valence-corrected chi connectivity index (χ3v) is 2.44. The molecule has 0 aliphatic rings. The first-order chi connectivity index (χ1) is 10.6. The van der Waals surface area contributed by atoms with Crippen LogP contribution in [0.2, 0.25) is 0 Å². The topological polar surface area (TPSA) is 59.6 Å². The van der Waals surface area contributed by atoms with Crippen molar-refractivity contribution < 1.29 is 27.4 Å². The normalized spacial score (nSPS) is 11.7. The van der Waals surface area contributed by atoms with Gasteiger partial charge in [-0.3, -0.25) is 0 Å². The molecule has 1 rings (SSSR count). The van der Waals surface area contributed by atoms with Crippen molar-refractivity contribution >= 4 is 11.8 Å².